The predicted molar refractivity (Wildman–Crippen MR) is 78.1 cm³/mol. The van der Waals surface area contributed by atoms with E-state index in [9.17, 15) is 14.7 Å². The molecule has 0 aromatic carbocycles. The molecule has 1 saturated carbocycles. The van der Waals surface area contributed by atoms with Crippen LogP contribution in [0.5, 0.6) is 0 Å². The van der Waals surface area contributed by atoms with Gasteiger partial charge in [0.05, 0.1) is 0 Å². The third-order valence-corrected chi connectivity index (χ3v) is 4.69. The van der Waals surface area contributed by atoms with Gasteiger partial charge in [-0.05, 0) is 38.5 Å². The Kier molecular flexibility index (Phi) is 5.45. The van der Waals surface area contributed by atoms with Gasteiger partial charge in [-0.1, -0.05) is 19.3 Å². The molecule has 2 rings (SSSR count). The Morgan fingerprint density at radius 2 is 1.81 bits per heavy atom. The molecule has 2 fully saturated rings. The molecule has 6 heteroatoms. The molecule has 120 valence electrons. The molecule has 0 aromatic rings. The van der Waals surface area contributed by atoms with E-state index in [0.717, 1.165) is 44.9 Å². The fraction of sp³-hybridized carbons (Fsp3) is 0.867. The molecule has 1 saturated heterocycles. The standard InChI is InChI=1S/C15H26N2O4/c1-15(7-9-21-10-8-15)17-14(20)16-12(13(18)19)11-5-3-2-4-6-11/h11-12H,2-10H2,1H3,(H,18,19)(H2,16,17,20). The zero-order valence-corrected chi connectivity index (χ0v) is 12.7. The molecular formula is C15H26N2O4. The van der Waals surface area contributed by atoms with Crippen LogP contribution in [-0.2, 0) is 9.53 Å². The molecule has 6 nitrogen and oxygen atoms in total. The number of carboxylic acid groups (broad SMARTS) is 1. The highest BCUT2D eigenvalue weighted by Crippen LogP contribution is 2.27. The summed E-state index contributed by atoms with van der Waals surface area (Å²) in [5.74, 6) is -0.890. The van der Waals surface area contributed by atoms with Crippen molar-refractivity contribution in [2.45, 2.75) is 63.5 Å². The van der Waals surface area contributed by atoms with Crippen LogP contribution < -0.4 is 10.6 Å². The maximum atomic E-state index is 12.1. The summed E-state index contributed by atoms with van der Waals surface area (Å²) in [6, 6.07) is -1.16. The fourth-order valence-corrected chi connectivity index (χ4v) is 3.25. The van der Waals surface area contributed by atoms with Gasteiger partial charge in [0, 0.05) is 18.8 Å². The third-order valence-electron chi connectivity index (χ3n) is 4.69. The summed E-state index contributed by atoms with van der Waals surface area (Å²) in [5.41, 5.74) is -0.308. The van der Waals surface area contributed by atoms with Gasteiger partial charge in [-0.2, -0.15) is 0 Å². The molecule has 1 aliphatic carbocycles. The summed E-state index contributed by atoms with van der Waals surface area (Å²) in [5, 5.41) is 15.0. The Morgan fingerprint density at radius 1 is 1.19 bits per heavy atom. The second-order valence-electron chi connectivity index (χ2n) is 6.49. The van der Waals surface area contributed by atoms with Gasteiger partial charge in [0.15, 0.2) is 0 Å². The van der Waals surface area contributed by atoms with Gasteiger partial charge in [-0.25, -0.2) is 9.59 Å². The number of rotatable bonds is 4. The lowest BCUT2D eigenvalue weighted by Crippen LogP contribution is -2.57. The number of aliphatic carboxylic acids is 1. The number of nitrogens with one attached hydrogen (secondary N) is 2. The summed E-state index contributed by atoms with van der Waals surface area (Å²) in [6.45, 7) is 3.23. The van der Waals surface area contributed by atoms with Gasteiger partial charge in [0.25, 0.3) is 0 Å². The summed E-state index contributed by atoms with van der Waals surface area (Å²) in [6.07, 6.45) is 6.51. The normalized spacial score (nSPS) is 24.0. The quantitative estimate of drug-likeness (QED) is 0.739. The van der Waals surface area contributed by atoms with Crippen LogP contribution in [0, 0.1) is 5.92 Å². The molecule has 2 amide bonds. The minimum absolute atomic E-state index is 0.0458. The number of amides is 2. The summed E-state index contributed by atoms with van der Waals surface area (Å²) < 4.78 is 5.30. The summed E-state index contributed by atoms with van der Waals surface area (Å²) in [7, 11) is 0. The van der Waals surface area contributed by atoms with Crippen LogP contribution in [0.15, 0.2) is 0 Å². The van der Waals surface area contributed by atoms with Gasteiger partial charge in [-0.3, -0.25) is 0 Å². The minimum atomic E-state index is -0.936. The molecule has 1 atom stereocenters. The predicted octanol–water partition coefficient (Wildman–Crippen LogP) is 1.89. The molecule has 0 bridgehead atoms. The van der Waals surface area contributed by atoms with Gasteiger partial charge in [0.2, 0.25) is 0 Å². The second kappa shape index (κ2) is 7.11. The summed E-state index contributed by atoms with van der Waals surface area (Å²) in [4.78, 5) is 23.6. The fourth-order valence-electron chi connectivity index (χ4n) is 3.25. The first kappa shape index (κ1) is 16.1. The summed E-state index contributed by atoms with van der Waals surface area (Å²) >= 11 is 0. The maximum absolute atomic E-state index is 12.1. The van der Waals surface area contributed by atoms with Crippen LogP contribution in [-0.4, -0.2) is 41.9 Å². The molecule has 0 radical (unpaired) electrons. The number of carbonyl (C=O) groups is 2. The molecule has 3 N–H and O–H groups in total. The molecule has 0 spiro atoms. The van der Waals surface area contributed by atoms with Gasteiger partial charge < -0.3 is 20.5 Å². The minimum Gasteiger partial charge on any atom is -0.480 e. The number of hydrogen-bond donors (Lipinski definition) is 3. The zero-order valence-electron chi connectivity index (χ0n) is 12.7. The highest BCUT2D eigenvalue weighted by Gasteiger charge is 2.33. The van der Waals surface area contributed by atoms with Crippen molar-refractivity contribution in [3.8, 4) is 0 Å². The van der Waals surface area contributed by atoms with E-state index in [4.69, 9.17) is 4.74 Å². The number of hydrogen-bond acceptors (Lipinski definition) is 3. The average Bonchev–Trinajstić information content (AvgIpc) is 2.45. The lowest BCUT2D eigenvalue weighted by Gasteiger charge is -2.35. The van der Waals surface area contributed by atoms with E-state index in [1.807, 2.05) is 6.92 Å². The van der Waals surface area contributed by atoms with Crippen molar-refractivity contribution >= 4 is 12.0 Å². The van der Waals surface area contributed by atoms with Gasteiger partial charge in [-0.15, -0.1) is 0 Å². The van der Waals surface area contributed by atoms with E-state index in [1.165, 1.54) is 0 Å². The Labute approximate surface area is 125 Å². The van der Waals surface area contributed by atoms with Crippen molar-refractivity contribution in [3.05, 3.63) is 0 Å². The van der Waals surface area contributed by atoms with E-state index >= 15 is 0 Å². The lowest BCUT2D eigenvalue weighted by atomic mass is 9.84. The molecule has 2 aliphatic rings. The van der Waals surface area contributed by atoms with E-state index in [1.54, 1.807) is 0 Å². The molecule has 0 aromatic heterocycles. The Bertz CT molecular complexity index is 374. The molecular weight excluding hydrogens is 272 g/mol. The monoisotopic (exact) mass is 298 g/mol. The van der Waals surface area contributed by atoms with Crippen LogP contribution in [0.1, 0.15) is 51.9 Å². The van der Waals surface area contributed by atoms with Crippen LogP contribution in [0.3, 0.4) is 0 Å². The highest BCUT2D eigenvalue weighted by atomic mass is 16.5. The Hall–Kier alpha value is -1.30. The van der Waals surface area contributed by atoms with Crippen molar-refractivity contribution in [2.24, 2.45) is 5.92 Å². The van der Waals surface area contributed by atoms with Crippen LogP contribution in [0.25, 0.3) is 0 Å². The smallest absolute Gasteiger partial charge is 0.326 e. The van der Waals surface area contributed by atoms with E-state index < -0.39 is 12.0 Å². The van der Waals surface area contributed by atoms with Crippen LogP contribution in [0.4, 0.5) is 4.79 Å². The largest absolute Gasteiger partial charge is 0.480 e. The second-order valence-corrected chi connectivity index (χ2v) is 6.49. The Morgan fingerprint density at radius 3 is 2.38 bits per heavy atom. The number of carbonyl (C=O) groups excluding carboxylic acids is 1. The maximum Gasteiger partial charge on any atom is 0.326 e. The number of carboxylic acids is 1. The van der Waals surface area contributed by atoms with Crippen molar-refractivity contribution in [1.29, 1.82) is 0 Å². The van der Waals surface area contributed by atoms with Gasteiger partial charge in [0.1, 0.15) is 6.04 Å². The number of ether oxygens (including phenoxy) is 1. The first-order chi connectivity index (χ1) is 10.0. The Balaban J connectivity index is 1.90. The molecule has 1 heterocycles. The van der Waals surface area contributed by atoms with E-state index in [-0.39, 0.29) is 17.5 Å². The first-order valence-electron chi connectivity index (χ1n) is 7.89. The lowest BCUT2D eigenvalue weighted by molar-refractivity contribution is -0.141. The molecule has 21 heavy (non-hydrogen) atoms. The number of urea groups is 1. The van der Waals surface area contributed by atoms with E-state index in [2.05, 4.69) is 10.6 Å². The van der Waals surface area contributed by atoms with Crippen molar-refractivity contribution in [2.75, 3.05) is 13.2 Å². The SMILES string of the molecule is CC1(NC(=O)NC(C(=O)O)C2CCCCC2)CCOCC1. The van der Waals surface area contributed by atoms with Crippen LogP contribution in [0.2, 0.25) is 0 Å². The zero-order chi connectivity index (χ0) is 15.3. The van der Waals surface area contributed by atoms with E-state index in [0.29, 0.717) is 13.2 Å². The average molecular weight is 298 g/mol. The van der Waals surface area contributed by atoms with Crippen molar-refractivity contribution in [1.82, 2.24) is 10.6 Å². The van der Waals surface area contributed by atoms with Crippen molar-refractivity contribution in [3.63, 3.8) is 0 Å². The van der Waals surface area contributed by atoms with Crippen molar-refractivity contribution < 1.29 is 19.4 Å². The van der Waals surface area contributed by atoms with Gasteiger partial charge >= 0.3 is 12.0 Å². The molecule has 1 aliphatic heterocycles. The highest BCUT2D eigenvalue weighted by molar-refractivity contribution is 5.83. The molecule has 1 unspecified atom stereocenters. The third kappa shape index (κ3) is 4.59. The topological polar surface area (TPSA) is 87.7 Å². The first-order valence-corrected chi connectivity index (χ1v) is 7.89. The van der Waals surface area contributed by atoms with Crippen LogP contribution >= 0.6 is 0 Å².